The van der Waals surface area contributed by atoms with Crippen molar-refractivity contribution in [3.63, 3.8) is 0 Å². The van der Waals surface area contributed by atoms with Gasteiger partial charge in [0.15, 0.2) is 0 Å². The lowest BCUT2D eigenvalue weighted by molar-refractivity contribution is -0.118. The third-order valence-corrected chi connectivity index (χ3v) is 4.84. The lowest BCUT2D eigenvalue weighted by Gasteiger charge is -2.45. The van der Waals surface area contributed by atoms with E-state index in [0.29, 0.717) is 6.42 Å². The number of fused-ring (bicyclic) bond motifs is 1. The summed E-state index contributed by atoms with van der Waals surface area (Å²) in [6, 6.07) is 5.87. The van der Waals surface area contributed by atoms with Crippen LogP contribution in [0.5, 0.6) is 5.75 Å². The van der Waals surface area contributed by atoms with Gasteiger partial charge in [-0.1, -0.05) is 29.3 Å². The Morgan fingerprint density at radius 1 is 1.40 bits per heavy atom. The van der Waals surface area contributed by atoms with Crippen molar-refractivity contribution in [3.05, 3.63) is 28.2 Å². The number of aliphatic hydroxyl groups is 1. The monoisotopic (exact) mass is 340 g/mol. The molecule has 1 aromatic carbocycles. The molecule has 2 aliphatic rings. The zero-order valence-electron chi connectivity index (χ0n) is 11.8. The highest BCUT2D eigenvalue weighted by molar-refractivity contribution is 9.10. The molecule has 0 aliphatic carbocycles. The van der Waals surface area contributed by atoms with Crippen LogP contribution in [0.15, 0.2) is 22.7 Å². The van der Waals surface area contributed by atoms with Crippen molar-refractivity contribution in [2.75, 3.05) is 6.61 Å². The Bertz CT molecular complexity index is 489. The molecule has 0 amide bonds. The molecule has 4 heteroatoms. The quantitative estimate of drug-likeness (QED) is 0.884. The van der Waals surface area contributed by atoms with Crippen molar-refractivity contribution in [1.82, 2.24) is 0 Å². The summed E-state index contributed by atoms with van der Waals surface area (Å²) in [5.74, 6) is 0.823. The van der Waals surface area contributed by atoms with Gasteiger partial charge in [0.1, 0.15) is 11.4 Å². The van der Waals surface area contributed by atoms with Crippen LogP contribution in [-0.2, 0) is 4.74 Å². The lowest BCUT2D eigenvalue weighted by atomic mass is 9.80. The molecule has 0 aromatic heterocycles. The number of halogens is 1. The van der Waals surface area contributed by atoms with E-state index in [1.807, 2.05) is 18.2 Å². The topological polar surface area (TPSA) is 38.7 Å². The summed E-state index contributed by atoms with van der Waals surface area (Å²) in [7, 11) is 0. The second-order valence-corrected chi connectivity index (χ2v) is 6.84. The second kappa shape index (κ2) is 5.66. The molecule has 1 fully saturated rings. The zero-order valence-corrected chi connectivity index (χ0v) is 13.4. The number of hydrogen-bond donors (Lipinski definition) is 1. The predicted molar refractivity (Wildman–Crippen MR) is 81.0 cm³/mol. The molecule has 1 spiro atoms. The minimum absolute atomic E-state index is 0.252. The van der Waals surface area contributed by atoms with Gasteiger partial charge in [0.25, 0.3) is 0 Å². The van der Waals surface area contributed by atoms with E-state index < -0.39 is 6.10 Å². The maximum absolute atomic E-state index is 10.5. The molecule has 110 valence electrons. The third kappa shape index (κ3) is 2.74. The highest BCUT2D eigenvalue weighted by Gasteiger charge is 2.44. The molecule has 2 aliphatic heterocycles. The van der Waals surface area contributed by atoms with Crippen LogP contribution in [0.3, 0.4) is 0 Å². The lowest BCUT2D eigenvalue weighted by Crippen LogP contribution is -2.48. The Labute approximate surface area is 128 Å². The summed E-state index contributed by atoms with van der Waals surface area (Å²) in [5, 5.41) is 10.5. The highest BCUT2D eigenvalue weighted by atomic mass is 79.9. The van der Waals surface area contributed by atoms with Crippen LogP contribution in [-0.4, -0.2) is 23.4 Å². The standard InChI is InChI=1S/C16H21BrO3/c1-2-3-12-9-16(6-7-19-12)10-14(18)13-8-11(17)4-5-15(13)20-16/h4-5,8,12,14,18H,2-3,6-7,9-10H2,1H3/t12?,14-,16?/m1/s1. The van der Waals surface area contributed by atoms with Crippen LogP contribution < -0.4 is 4.74 Å². The summed E-state index contributed by atoms with van der Waals surface area (Å²) in [6.45, 7) is 2.90. The third-order valence-electron chi connectivity index (χ3n) is 4.34. The first-order valence-corrected chi connectivity index (χ1v) is 8.19. The van der Waals surface area contributed by atoms with Crippen LogP contribution in [0.1, 0.15) is 50.7 Å². The molecule has 20 heavy (non-hydrogen) atoms. The highest BCUT2D eigenvalue weighted by Crippen LogP contribution is 2.46. The number of benzene rings is 1. The Kier molecular flexibility index (Phi) is 4.07. The molecule has 0 radical (unpaired) electrons. The van der Waals surface area contributed by atoms with Crippen molar-refractivity contribution in [2.45, 2.75) is 56.8 Å². The Morgan fingerprint density at radius 3 is 3.05 bits per heavy atom. The van der Waals surface area contributed by atoms with Gasteiger partial charge < -0.3 is 14.6 Å². The molecule has 1 N–H and O–H groups in total. The molecule has 2 heterocycles. The molecule has 1 aromatic rings. The van der Waals surface area contributed by atoms with Gasteiger partial charge in [0.05, 0.1) is 18.8 Å². The Morgan fingerprint density at radius 2 is 2.25 bits per heavy atom. The van der Waals surface area contributed by atoms with E-state index >= 15 is 0 Å². The molecule has 2 unspecified atom stereocenters. The van der Waals surface area contributed by atoms with Crippen molar-refractivity contribution in [3.8, 4) is 5.75 Å². The van der Waals surface area contributed by atoms with E-state index in [1.54, 1.807) is 0 Å². The Hall–Kier alpha value is -0.580. The molecule has 3 nitrogen and oxygen atoms in total. The van der Waals surface area contributed by atoms with Gasteiger partial charge in [0.2, 0.25) is 0 Å². The largest absolute Gasteiger partial charge is 0.487 e. The fourth-order valence-electron chi connectivity index (χ4n) is 3.38. The Balaban J connectivity index is 1.84. The number of hydrogen-bond acceptors (Lipinski definition) is 3. The molecule has 0 saturated carbocycles. The maximum atomic E-state index is 10.5. The minimum Gasteiger partial charge on any atom is -0.487 e. The van der Waals surface area contributed by atoms with Gasteiger partial charge >= 0.3 is 0 Å². The van der Waals surface area contributed by atoms with Crippen molar-refractivity contribution >= 4 is 15.9 Å². The summed E-state index contributed by atoms with van der Waals surface area (Å²) < 4.78 is 13.1. The SMILES string of the molecule is CCCC1CC2(CCO1)C[C@@H](O)c1cc(Br)ccc1O2. The van der Waals surface area contributed by atoms with Crippen LogP contribution in [0, 0.1) is 0 Å². The fourth-order valence-corrected chi connectivity index (χ4v) is 3.76. The van der Waals surface area contributed by atoms with Crippen molar-refractivity contribution in [2.24, 2.45) is 0 Å². The molecule has 3 atom stereocenters. The normalized spacial score (nSPS) is 32.8. The summed E-state index contributed by atoms with van der Waals surface area (Å²) in [6.07, 6.45) is 4.41. The van der Waals surface area contributed by atoms with E-state index in [4.69, 9.17) is 9.47 Å². The van der Waals surface area contributed by atoms with E-state index in [9.17, 15) is 5.11 Å². The van der Waals surface area contributed by atoms with Gasteiger partial charge in [-0.2, -0.15) is 0 Å². The molecular weight excluding hydrogens is 320 g/mol. The predicted octanol–water partition coefficient (Wildman–Crippen LogP) is 3.98. The molecule has 0 bridgehead atoms. The second-order valence-electron chi connectivity index (χ2n) is 5.92. The van der Waals surface area contributed by atoms with E-state index in [-0.39, 0.29) is 11.7 Å². The van der Waals surface area contributed by atoms with E-state index in [2.05, 4.69) is 22.9 Å². The summed E-state index contributed by atoms with van der Waals surface area (Å²) in [4.78, 5) is 0. The van der Waals surface area contributed by atoms with Crippen LogP contribution >= 0.6 is 15.9 Å². The number of ether oxygens (including phenoxy) is 2. The summed E-state index contributed by atoms with van der Waals surface area (Å²) >= 11 is 3.45. The average molecular weight is 341 g/mol. The van der Waals surface area contributed by atoms with Crippen LogP contribution in [0.4, 0.5) is 0 Å². The average Bonchev–Trinajstić information content (AvgIpc) is 2.40. The molecule has 1 saturated heterocycles. The number of aliphatic hydroxyl groups excluding tert-OH is 1. The smallest absolute Gasteiger partial charge is 0.126 e. The van der Waals surface area contributed by atoms with Crippen molar-refractivity contribution in [1.29, 1.82) is 0 Å². The first kappa shape index (κ1) is 14.4. The first-order chi connectivity index (χ1) is 9.62. The van der Waals surface area contributed by atoms with Gasteiger partial charge in [-0.05, 0) is 24.6 Å². The van der Waals surface area contributed by atoms with Gasteiger partial charge in [0, 0.05) is 29.3 Å². The number of rotatable bonds is 2. The first-order valence-electron chi connectivity index (χ1n) is 7.40. The minimum atomic E-state index is -0.448. The fraction of sp³-hybridized carbons (Fsp3) is 0.625. The van der Waals surface area contributed by atoms with Gasteiger partial charge in [-0.3, -0.25) is 0 Å². The zero-order chi connectivity index (χ0) is 14.2. The maximum Gasteiger partial charge on any atom is 0.126 e. The van der Waals surface area contributed by atoms with E-state index in [0.717, 1.165) is 48.1 Å². The molecule has 3 rings (SSSR count). The van der Waals surface area contributed by atoms with Crippen molar-refractivity contribution < 1.29 is 14.6 Å². The van der Waals surface area contributed by atoms with Gasteiger partial charge in [-0.25, -0.2) is 0 Å². The van der Waals surface area contributed by atoms with Crippen LogP contribution in [0.25, 0.3) is 0 Å². The van der Waals surface area contributed by atoms with Crippen LogP contribution in [0.2, 0.25) is 0 Å². The summed E-state index contributed by atoms with van der Waals surface area (Å²) in [5.41, 5.74) is 0.641. The van der Waals surface area contributed by atoms with E-state index in [1.165, 1.54) is 0 Å². The molecular formula is C16H21BrO3. The van der Waals surface area contributed by atoms with Gasteiger partial charge in [-0.15, -0.1) is 0 Å².